The van der Waals surface area contributed by atoms with Gasteiger partial charge in [0.15, 0.2) is 0 Å². The smallest absolute Gasteiger partial charge is 0.340 e. The Kier molecular flexibility index (Phi) is 2.86. The second-order valence-electron chi connectivity index (χ2n) is 3.46. The number of ether oxygens (including phenoxy) is 1. The van der Waals surface area contributed by atoms with E-state index in [1.807, 2.05) is 12.3 Å². The third kappa shape index (κ3) is 2.26. The summed E-state index contributed by atoms with van der Waals surface area (Å²) in [5.74, 6) is -0.424. The first kappa shape index (κ1) is 10.4. The van der Waals surface area contributed by atoms with Crippen LogP contribution in [-0.2, 0) is 0 Å². The van der Waals surface area contributed by atoms with Crippen LogP contribution < -0.4 is 4.74 Å². The van der Waals surface area contributed by atoms with Crippen molar-refractivity contribution in [3.05, 3.63) is 23.8 Å². The van der Waals surface area contributed by atoms with Gasteiger partial charge in [0.1, 0.15) is 11.3 Å². The molecule has 0 amide bonds. The lowest BCUT2D eigenvalue weighted by molar-refractivity contribution is 0.0688. The van der Waals surface area contributed by atoms with Gasteiger partial charge in [-0.2, -0.15) is 0 Å². The lowest BCUT2D eigenvalue weighted by Crippen LogP contribution is -2.05. The van der Waals surface area contributed by atoms with Crippen LogP contribution in [0.5, 0.6) is 5.75 Å². The molecule has 0 heterocycles. The number of aromatic carboxylic acids is 1. The van der Waals surface area contributed by atoms with E-state index in [9.17, 15) is 4.79 Å². The summed E-state index contributed by atoms with van der Waals surface area (Å²) in [6, 6.07) is 5.35. The van der Waals surface area contributed by atoms with Crippen LogP contribution in [0, 0.1) is 0 Å². The van der Waals surface area contributed by atoms with Crippen molar-refractivity contribution in [2.45, 2.75) is 23.8 Å². The molecular weight excluding hydrogens is 212 g/mol. The number of hydrogen-bond acceptors (Lipinski definition) is 3. The lowest BCUT2D eigenvalue weighted by Gasteiger charge is -2.10. The van der Waals surface area contributed by atoms with E-state index in [1.165, 1.54) is 11.8 Å². The molecule has 4 heteroatoms. The molecule has 0 spiro atoms. The maximum absolute atomic E-state index is 11.1. The summed E-state index contributed by atoms with van der Waals surface area (Å²) in [5, 5.41) is 9.12. The maximum atomic E-state index is 11.1. The highest BCUT2D eigenvalue weighted by Gasteiger charge is 2.26. The van der Waals surface area contributed by atoms with Gasteiger partial charge in [-0.3, -0.25) is 0 Å². The monoisotopic (exact) mass is 224 g/mol. The maximum Gasteiger partial charge on any atom is 0.340 e. The van der Waals surface area contributed by atoms with E-state index in [4.69, 9.17) is 9.84 Å². The van der Waals surface area contributed by atoms with Crippen molar-refractivity contribution >= 4 is 17.7 Å². The minimum atomic E-state index is -0.921. The molecule has 1 aromatic carbocycles. The van der Waals surface area contributed by atoms with Gasteiger partial charge in [0.2, 0.25) is 0 Å². The normalized spacial score (nSPS) is 15.0. The van der Waals surface area contributed by atoms with Crippen molar-refractivity contribution in [1.29, 1.82) is 0 Å². The molecular formula is C11H12O3S. The molecule has 1 fully saturated rings. The average molecular weight is 224 g/mol. The van der Waals surface area contributed by atoms with E-state index >= 15 is 0 Å². The average Bonchev–Trinajstić information content (AvgIpc) is 3.01. The largest absolute Gasteiger partial charge is 0.489 e. The van der Waals surface area contributed by atoms with Crippen molar-refractivity contribution in [2.24, 2.45) is 0 Å². The summed E-state index contributed by atoms with van der Waals surface area (Å²) >= 11 is 1.42. The standard InChI is InChI=1S/C11H12O3S/c1-15-9-4-2-3-8(10(9)11(12)13)14-7-5-6-7/h2-4,7H,5-6H2,1H3,(H,12,13). The van der Waals surface area contributed by atoms with E-state index < -0.39 is 5.97 Å². The topological polar surface area (TPSA) is 46.5 Å². The molecule has 1 N–H and O–H groups in total. The molecule has 0 bridgehead atoms. The van der Waals surface area contributed by atoms with Crippen LogP contribution in [0.15, 0.2) is 23.1 Å². The Morgan fingerprint density at radius 2 is 2.27 bits per heavy atom. The first-order chi connectivity index (χ1) is 7.22. The van der Waals surface area contributed by atoms with Gasteiger partial charge in [-0.05, 0) is 31.2 Å². The van der Waals surface area contributed by atoms with Crippen molar-refractivity contribution < 1.29 is 14.6 Å². The number of thioether (sulfide) groups is 1. The van der Waals surface area contributed by atoms with Gasteiger partial charge in [-0.25, -0.2) is 4.79 Å². The Hall–Kier alpha value is -1.16. The molecule has 3 nitrogen and oxygen atoms in total. The minimum absolute atomic E-state index is 0.222. The van der Waals surface area contributed by atoms with E-state index in [0.717, 1.165) is 17.7 Å². The van der Waals surface area contributed by atoms with Crippen LogP contribution in [-0.4, -0.2) is 23.4 Å². The summed E-state index contributed by atoms with van der Waals surface area (Å²) in [6.07, 6.45) is 4.15. The van der Waals surface area contributed by atoms with Gasteiger partial charge in [-0.1, -0.05) is 6.07 Å². The van der Waals surface area contributed by atoms with Crippen LogP contribution in [0.25, 0.3) is 0 Å². The van der Waals surface area contributed by atoms with Crippen LogP contribution >= 0.6 is 11.8 Å². The van der Waals surface area contributed by atoms with Crippen molar-refractivity contribution in [2.75, 3.05) is 6.26 Å². The zero-order chi connectivity index (χ0) is 10.8. The summed E-state index contributed by atoms with van der Waals surface area (Å²) in [5.41, 5.74) is 0.289. The highest BCUT2D eigenvalue weighted by Crippen LogP contribution is 2.33. The van der Waals surface area contributed by atoms with Gasteiger partial charge < -0.3 is 9.84 Å². The van der Waals surface area contributed by atoms with Crippen molar-refractivity contribution in [3.8, 4) is 5.75 Å². The van der Waals surface area contributed by atoms with E-state index in [-0.39, 0.29) is 11.7 Å². The van der Waals surface area contributed by atoms with E-state index in [1.54, 1.807) is 12.1 Å². The first-order valence-electron chi connectivity index (χ1n) is 4.79. The zero-order valence-electron chi connectivity index (χ0n) is 8.40. The predicted octanol–water partition coefficient (Wildman–Crippen LogP) is 2.65. The number of benzene rings is 1. The van der Waals surface area contributed by atoms with Gasteiger partial charge >= 0.3 is 5.97 Å². The molecule has 1 aromatic rings. The second-order valence-corrected chi connectivity index (χ2v) is 4.30. The van der Waals surface area contributed by atoms with Crippen LogP contribution in [0.2, 0.25) is 0 Å². The minimum Gasteiger partial charge on any atom is -0.489 e. The van der Waals surface area contributed by atoms with Crippen LogP contribution in [0.4, 0.5) is 0 Å². The molecule has 1 aliphatic rings. The summed E-state index contributed by atoms with van der Waals surface area (Å²) in [6.45, 7) is 0. The van der Waals surface area contributed by atoms with E-state index in [0.29, 0.717) is 5.75 Å². The number of carboxylic acids is 1. The highest BCUT2D eigenvalue weighted by molar-refractivity contribution is 7.98. The highest BCUT2D eigenvalue weighted by atomic mass is 32.2. The Bertz CT molecular complexity index is 385. The van der Waals surface area contributed by atoms with Gasteiger partial charge in [-0.15, -0.1) is 11.8 Å². The number of carboxylic acid groups (broad SMARTS) is 1. The molecule has 0 atom stereocenters. The SMILES string of the molecule is CSc1cccc(OC2CC2)c1C(=O)O. The Morgan fingerprint density at radius 1 is 1.53 bits per heavy atom. The summed E-state index contributed by atoms with van der Waals surface area (Å²) < 4.78 is 5.57. The quantitative estimate of drug-likeness (QED) is 0.799. The molecule has 0 unspecified atom stereocenters. The Labute approximate surface area is 92.4 Å². The van der Waals surface area contributed by atoms with Gasteiger partial charge in [0.25, 0.3) is 0 Å². The molecule has 15 heavy (non-hydrogen) atoms. The summed E-state index contributed by atoms with van der Waals surface area (Å²) in [4.78, 5) is 11.9. The van der Waals surface area contributed by atoms with Crippen molar-refractivity contribution in [1.82, 2.24) is 0 Å². The Morgan fingerprint density at radius 3 is 2.80 bits per heavy atom. The third-order valence-corrected chi connectivity index (χ3v) is 3.02. The van der Waals surface area contributed by atoms with Crippen LogP contribution in [0.1, 0.15) is 23.2 Å². The van der Waals surface area contributed by atoms with Crippen LogP contribution in [0.3, 0.4) is 0 Å². The van der Waals surface area contributed by atoms with Gasteiger partial charge in [0, 0.05) is 4.90 Å². The predicted molar refractivity (Wildman–Crippen MR) is 58.8 cm³/mol. The molecule has 0 aromatic heterocycles. The Balaban J connectivity index is 2.37. The van der Waals surface area contributed by atoms with Crippen molar-refractivity contribution in [3.63, 3.8) is 0 Å². The molecule has 80 valence electrons. The fraction of sp³-hybridized carbons (Fsp3) is 0.364. The summed E-state index contributed by atoms with van der Waals surface area (Å²) in [7, 11) is 0. The lowest BCUT2D eigenvalue weighted by atomic mass is 10.2. The molecule has 0 radical (unpaired) electrons. The second kappa shape index (κ2) is 4.14. The fourth-order valence-electron chi connectivity index (χ4n) is 1.36. The molecule has 0 saturated heterocycles. The first-order valence-corrected chi connectivity index (χ1v) is 6.02. The molecule has 2 rings (SSSR count). The van der Waals surface area contributed by atoms with E-state index in [2.05, 4.69) is 0 Å². The number of hydrogen-bond donors (Lipinski definition) is 1. The fourth-order valence-corrected chi connectivity index (χ4v) is 1.96. The molecule has 1 saturated carbocycles. The number of carbonyl (C=O) groups is 1. The third-order valence-electron chi connectivity index (χ3n) is 2.24. The molecule has 0 aliphatic heterocycles. The molecule has 1 aliphatic carbocycles. The van der Waals surface area contributed by atoms with Gasteiger partial charge in [0.05, 0.1) is 6.10 Å². The zero-order valence-corrected chi connectivity index (χ0v) is 9.21. The number of rotatable bonds is 4.